The van der Waals surface area contributed by atoms with Crippen molar-refractivity contribution in [2.24, 2.45) is 5.41 Å². The van der Waals surface area contributed by atoms with E-state index >= 15 is 0 Å². The van der Waals surface area contributed by atoms with Gasteiger partial charge in [0.2, 0.25) is 0 Å². The first-order chi connectivity index (χ1) is 9.71. The van der Waals surface area contributed by atoms with Crippen molar-refractivity contribution < 1.29 is 17.9 Å². The quantitative estimate of drug-likeness (QED) is 0.839. The fourth-order valence-electron chi connectivity index (χ4n) is 3.05. The molecule has 0 spiro atoms. The highest BCUT2D eigenvalue weighted by atomic mass is 19.4. The molecular formula is C16H22F3NO. The van der Waals surface area contributed by atoms with E-state index in [2.05, 4.69) is 19.2 Å². The van der Waals surface area contributed by atoms with E-state index in [0.29, 0.717) is 0 Å². The Morgan fingerprint density at radius 3 is 2.57 bits per heavy atom. The number of halogens is 3. The summed E-state index contributed by atoms with van der Waals surface area (Å²) < 4.78 is 44.4. The predicted molar refractivity (Wildman–Crippen MR) is 77.7 cm³/mol. The van der Waals surface area contributed by atoms with Crippen LogP contribution in [0.25, 0.3) is 0 Å². The van der Waals surface area contributed by atoms with Gasteiger partial charge >= 0.3 is 6.18 Å². The number of ether oxygens (including phenoxy) is 1. The van der Waals surface area contributed by atoms with Crippen molar-refractivity contribution >= 4 is 5.69 Å². The molecule has 1 aliphatic rings. The molecule has 0 saturated heterocycles. The molecule has 1 fully saturated rings. The number of hydrogen-bond acceptors (Lipinski definition) is 2. The summed E-state index contributed by atoms with van der Waals surface area (Å²) in [5, 5.41) is 3.09. The predicted octanol–water partition coefficient (Wildman–Crippen LogP) is 5.09. The lowest BCUT2D eigenvalue weighted by Crippen LogP contribution is -2.32. The molecule has 0 bridgehead atoms. The molecule has 21 heavy (non-hydrogen) atoms. The number of alkyl halides is 3. The van der Waals surface area contributed by atoms with Crippen LogP contribution in [0.4, 0.5) is 18.9 Å². The van der Waals surface area contributed by atoms with Crippen LogP contribution in [0.1, 0.15) is 45.1 Å². The van der Waals surface area contributed by atoms with E-state index < -0.39 is 11.7 Å². The number of rotatable bonds is 3. The van der Waals surface area contributed by atoms with Gasteiger partial charge in [-0.2, -0.15) is 13.2 Å². The highest BCUT2D eigenvalue weighted by molar-refractivity contribution is 5.56. The zero-order chi connectivity index (χ0) is 15.7. The Hall–Kier alpha value is -1.39. The molecule has 1 N–H and O–H groups in total. The maximum Gasteiger partial charge on any atom is 0.418 e. The van der Waals surface area contributed by atoms with Gasteiger partial charge in [-0.05, 0) is 42.9 Å². The molecule has 0 aliphatic heterocycles. The summed E-state index contributed by atoms with van der Waals surface area (Å²) in [6.07, 6.45) is -0.424. The zero-order valence-electron chi connectivity index (χ0n) is 12.7. The van der Waals surface area contributed by atoms with Crippen molar-refractivity contribution in [3.8, 4) is 5.75 Å². The number of hydrogen-bond donors (Lipinski definition) is 1. The smallest absolute Gasteiger partial charge is 0.418 e. The summed E-state index contributed by atoms with van der Waals surface area (Å²) in [5.41, 5.74) is -0.336. The Kier molecular flexibility index (Phi) is 4.40. The second-order valence-electron chi connectivity index (χ2n) is 6.51. The van der Waals surface area contributed by atoms with Gasteiger partial charge in [0.15, 0.2) is 0 Å². The Bertz CT molecular complexity index is 497. The Morgan fingerprint density at radius 2 is 2.00 bits per heavy atom. The molecule has 1 unspecified atom stereocenters. The molecule has 1 aromatic rings. The summed E-state index contributed by atoms with van der Waals surface area (Å²) in [6, 6.07) is 4.16. The van der Waals surface area contributed by atoms with Crippen LogP contribution in [0, 0.1) is 5.41 Å². The summed E-state index contributed by atoms with van der Waals surface area (Å²) >= 11 is 0. The summed E-state index contributed by atoms with van der Waals surface area (Å²) in [7, 11) is 1.37. The first kappa shape index (κ1) is 16.0. The summed E-state index contributed by atoms with van der Waals surface area (Å²) in [6.45, 7) is 4.33. The largest absolute Gasteiger partial charge is 0.497 e. The van der Waals surface area contributed by atoms with E-state index in [-0.39, 0.29) is 22.9 Å². The minimum Gasteiger partial charge on any atom is -0.497 e. The van der Waals surface area contributed by atoms with Gasteiger partial charge in [-0.1, -0.05) is 20.3 Å². The molecule has 0 radical (unpaired) electrons. The Morgan fingerprint density at radius 1 is 1.29 bits per heavy atom. The second kappa shape index (κ2) is 5.78. The topological polar surface area (TPSA) is 21.3 Å². The number of methoxy groups -OCH3 is 1. The average Bonchev–Trinajstić information content (AvgIpc) is 2.36. The van der Waals surface area contributed by atoms with Gasteiger partial charge < -0.3 is 10.1 Å². The van der Waals surface area contributed by atoms with Crippen LogP contribution in [-0.2, 0) is 6.18 Å². The maximum absolute atomic E-state index is 13.2. The summed E-state index contributed by atoms with van der Waals surface area (Å²) in [5.74, 6) is 0.219. The van der Waals surface area contributed by atoms with Crippen molar-refractivity contribution in [3.63, 3.8) is 0 Å². The van der Waals surface area contributed by atoms with Gasteiger partial charge in [-0.15, -0.1) is 0 Å². The molecule has 0 aromatic heterocycles. The lowest BCUT2D eigenvalue weighted by atomic mass is 9.75. The van der Waals surface area contributed by atoms with Crippen LogP contribution in [-0.4, -0.2) is 13.2 Å². The lowest BCUT2D eigenvalue weighted by Gasteiger charge is -2.36. The van der Waals surface area contributed by atoms with Gasteiger partial charge in [0, 0.05) is 11.7 Å². The standard InChI is InChI=1S/C16H22F3NO/c1-15(2)8-4-5-11(10-15)20-14-7-6-12(21-3)9-13(14)16(17,18)19/h6-7,9,11,20H,4-5,8,10H2,1-3H3. The molecule has 118 valence electrons. The monoisotopic (exact) mass is 301 g/mol. The number of nitrogens with one attached hydrogen (secondary N) is 1. The zero-order valence-corrected chi connectivity index (χ0v) is 12.7. The van der Waals surface area contributed by atoms with Crippen LogP contribution >= 0.6 is 0 Å². The molecule has 2 rings (SSSR count). The van der Waals surface area contributed by atoms with Gasteiger partial charge in [0.1, 0.15) is 5.75 Å². The first-order valence-corrected chi connectivity index (χ1v) is 7.23. The van der Waals surface area contributed by atoms with E-state index in [1.165, 1.54) is 13.2 Å². The van der Waals surface area contributed by atoms with Crippen molar-refractivity contribution in [2.75, 3.05) is 12.4 Å². The van der Waals surface area contributed by atoms with Crippen LogP contribution in [0.5, 0.6) is 5.75 Å². The van der Waals surface area contributed by atoms with E-state index in [0.717, 1.165) is 31.7 Å². The van der Waals surface area contributed by atoms with Crippen LogP contribution in [0.3, 0.4) is 0 Å². The molecule has 0 amide bonds. The third-order valence-corrected chi connectivity index (χ3v) is 4.10. The molecule has 0 heterocycles. The van der Waals surface area contributed by atoms with Gasteiger partial charge in [0.05, 0.1) is 12.7 Å². The minimum absolute atomic E-state index is 0.0863. The van der Waals surface area contributed by atoms with E-state index in [9.17, 15) is 13.2 Å². The van der Waals surface area contributed by atoms with Crippen LogP contribution in [0.15, 0.2) is 18.2 Å². The number of anilines is 1. The van der Waals surface area contributed by atoms with Crippen molar-refractivity contribution in [1.29, 1.82) is 0 Å². The van der Waals surface area contributed by atoms with Crippen LogP contribution < -0.4 is 10.1 Å². The molecule has 5 heteroatoms. The molecule has 1 aromatic carbocycles. The second-order valence-corrected chi connectivity index (χ2v) is 6.51. The minimum atomic E-state index is -4.39. The molecule has 1 aliphatic carbocycles. The number of benzene rings is 1. The lowest BCUT2D eigenvalue weighted by molar-refractivity contribution is -0.137. The summed E-state index contributed by atoms with van der Waals surface area (Å²) in [4.78, 5) is 0. The Balaban J connectivity index is 2.23. The maximum atomic E-state index is 13.2. The van der Waals surface area contributed by atoms with E-state index in [1.807, 2.05) is 0 Å². The SMILES string of the molecule is COc1ccc(NC2CCCC(C)(C)C2)c(C(F)(F)F)c1. The van der Waals surface area contributed by atoms with Gasteiger partial charge in [-0.25, -0.2) is 0 Å². The fraction of sp³-hybridized carbons (Fsp3) is 0.625. The highest BCUT2D eigenvalue weighted by Gasteiger charge is 2.35. The van der Waals surface area contributed by atoms with Crippen LogP contribution in [0.2, 0.25) is 0 Å². The first-order valence-electron chi connectivity index (χ1n) is 7.23. The van der Waals surface area contributed by atoms with Gasteiger partial charge in [-0.3, -0.25) is 0 Å². The third kappa shape index (κ3) is 4.05. The fourth-order valence-corrected chi connectivity index (χ4v) is 3.05. The van der Waals surface area contributed by atoms with Crippen molar-refractivity contribution in [3.05, 3.63) is 23.8 Å². The Labute approximate surface area is 123 Å². The highest BCUT2D eigenvalue weighted by Crippen LogP contribution is 2.40. The van der Waals surface area contributed by atoms with E-state index in [4.69, 9.17) is 4.74 Å². The molecule has 1 saturated carbocycles. The van der Waals surface area contributed by atoms with Crippen molar-refractivity contribution in [2.45, 2.75) is 51.7 Å². The molecular weight excluding hydrogens is 279 g/mol. The molecule has 2 nitrogen and oxygen atoms in total. The third-order valence-electron chi connectivity index (χ3n) is 4.10. The normalized spacial score (nSPS) is 21.9. The van der Waals surface area contributed by atoms with Crippen molar-refractivity contribution in [1.82, 2.24) is 0 Å². The average molecular weight is 301 g/mol. The van der Waals surface area contributed by atoms with Gasteiger partial charge in [0.25, 0.3) is 0 Å². The van der Waals surface area contributed by atoms with E-state index in [1.54, 1.807) is 6.07 Å². The molecule has 1 atom stereocenters.